The van der Waals surface area contributed by atoms with Crippen molar-refractivity contribution in [1.29, 1.82) is 0 Å². The van der Waals surface area contributed by atoms with Crippen molar-refractivity contribution in [2.24, 2.45) is 0 Å². The highest BCUT2D eigenvalue weighted by molar-refractivity contribution is 6.16. The number of benzene rings is 7. The summed E-state index contributed by atoms with van der Waals surface area (Å²) in [5.74, 6) is 0. The molecule has 0 saturated heterocycles. The monoisotopic (exact) mass is 536 g/mol. The van der Waals surface area contributed by atoms with Crippen molar-refractivity contribution in [2.45, 2.75) is 19.3 Å². The van der Waals surface area contributed by atoms with Crippen LogP contribution in [0, 0.1) is 0 Å². The molecule has 8 aromatic rings. The minimum atomic E-state index is -0.111. The van der Waals surface area contributed by atoms with Gasteiger partial charge in [0.25, 0.3) is 0 Å². The number of fused-ring (bicyclic) bond motifs is 9. The molecule has 0 N–H and O–H groups in total. The molecule has 0 amide bonds. The zero-order chi connectivity index (χ0) is 28.0. The Morgan fingerprint density at radius 3 is 2.07 bits per heavy atom. The fraction of sp³-hybridized carbons (Fsp3) is 0.0732. The third-order valence-corrected chi connectivity index (χ3v) is 9.46. The SMILES string of the molecule is CC1(C)c2cc(-c3cccc4oc5cc6ccccc6cc5c34)ccc2-c2c1ccc1c(-c3ccccc3)cccc21. The largest absolute Gasteiger partial charge is 0.456 e. The second-order valence-electron chi connectivity index (χ2n) is 12.1. The molecule has 1 heterocycles. The van der Waals surface area contributed by atoms with Gasteiger partial charge in [-0.3, -0.25) is 0 Å². The average Bonchev–Trinajstić information content (AvgIpc) is 3.51. The summed E-state index contributed by atoms with van der Waals surface area (Å²) in [7, 11) is 0. The highest BCUT2D eigenvalue weighted by atomic mass is 16.3. The lowest BCUT2D eigenvalue weighted by Gasteiger charge is -2.22. The van der Waals surface area contributed by atoms with E-state index < -0.39 is 0 Å². The molecule has 0 saturated carbocycles. The number of hydrogen-bond acceptors (Lipinski definition) is 1. The maximum Gasteiger partial charge on any atom is 0.136 e. The zero-order valence-electron chi connectivity index (χ0n) is 23.6. The Bertz CT molecular complexity index is 2370. The molecule has 0 bridgehead atoms. The van der Waals surface area contributed by atoms with Crippen LogP contribution in [0.25, 0.3) is 76.9 Å². The highest BCUT2D eigenvalue weighted by Crippen LogP contribution is 2.53. The molecule has 0 unspecified atom stereocenters. The minimum Gasteiger partial charge on any atom is -0.456 e. The molecule has 0 atom stereocenters. The van der Waals surface area contributed by atoms with Gasteiger partial charge in [0.05, 0.1) is 0 Å². The van der Waals surface area contributed by atoms with Crippen molar-refractivity contribution in [1.82, 2.24) is 0 Å². The van der Waals surface area contributed by atoms with Crippen molar-refractivity contribution in [3.63, 3.8) is 0 Å². The molecular weight excluding hydrogens is 508 g/mol. The normalized spacial score (nSPS) is 13.7. The summed E-state index contributed by atoms with van der Waals surface area (Å²) in [5.41, 5.74) is 12.2. The van der Waals surface area contributed by atoms with Gasteiger partial charge in [-0.25, -0.2) is 0 Å². The summed E-state index contributed by atoms with van der Waals surface area (Å²) in [6.07, 6.45) is 0. The van der Waals surface area contributed by atoms with E-state index in [-0.39, 0.29) is 5.41 Å². The highest BCUT2D eigenvalue weighted by Gasteiger charge is 2.37. The van der Waals surface area contributed by atoms with E-state index in [0.717, 1.165) is 11.2 Å². The van der Waals surface area contributed by atoms with Crippen LogP contribution in [0.4, 0.5) is 0 Å². The van der Waals surface area contributed by atoms with E-state index in [1.165, 1.54) is 76.8 Å². The van der Waals surface area contributed by atoms with Gasteiger partial charge < -0.3 is 4.42 Å². The van der Waals surface area contributed by atoms with E-state index >= 15 is 0 Å². The Labute approximate surface area is 244 Å². The maximum atomic E-state index is 6.40. The van der Waals surface area contributed by atoms with Crippen molar-refractivity contribution in [3.8, 4) is 33.4 Å². The molecule has 9 rings (SSSR count). The first-order chi connectivity index (χ1) is 20.6. The van der Waals surface area contributed by atoms with Gasteiger partial charge in [0.1, 0.15) is 11.2 Å². The first-order valence-corrected chi connectivity index (χ1v) is 14.7. The summed E-state index contributed by atoms with van der Waals surface area (Å²) < 4.78 is 6.40. The van der Waals surface area contributed by atoms with E-state index in [2.05, 4.69) is 147 Å². The standard InChI is InChI=1S/C41H28O/c1-41(2)35-21-20-31-29(25-10-4-3-5-11-25)14-8-16-32(31)39(35)33-19-18-28(23-36(33)41)30-15-9-17-37-40(30)34-22-26-12-6-7-13-27(26)24-38(34)42-37/h3-24H,1-2H3. The molecule has 1 nitrogen and oxygen atoms in total. The number of rotatable bonds is 2. The van der Waals surface area contributed by atoms with Crippen LogP contribution in [0.3, 0.4) is 0 Å². The van der Waals surface area contributed by atoms with Crippen LogP contribution < -0.4 is 0 Å². The third-order valence-electron chi connectivity index (χ3n) is 9.46. The number of hydrogen-bond donors (Lipinski definition) is 0. The summed E-state index contributed by atoms with van der Waals surface area (Å²) in [4.78, 5) is 0. The molecule has 0 radical (unpaired) electrons. The first-order valence-electron chi connectivity index (χ1n) is 14.7. The van der Waals surface area contributed by atoms with E-state index in [0.29, 0.717) is 0 Å². The minimum absolute atomic E-state index is 0.111. The lowest BCUT2D eigenvalue weighted by Crippen LogP contribution is -2.15. The van der Waals surface area contributed by atoms with Crippen LogP contribution in [0.1, 0.15) is 25.0 Å². The molecule has 1 aliphatic rings. The zero-order valence-corrected chi connectivity index (χ0v) is 23.6. The molecule has 198 valence electrons. The Morgan fingerprint density at radius 1 is 0.452 bits per heavy atom. The third kappa shape index (κ3) is 3.19. The Morgan fingerprint density at radius 2 is 1.21 bits per heavy atom. The van der Waals surface area contributed by atoms with E-state index in [1.807, 2.05) is 0 Å². The lowest BCUT2D eigenvalue weighted by molar-refractivity contribution is 0.661. The van der Waals surface area contributed by atoms with Crippen LogP contribution in [0.15, 0.2) is 138 Å². The quantitative estimate of drug-likeness (QED) is 0.214. The van der Waals surface area contributed by atoms with E-state index in [9.17, 15) is 0 Å². The topological polar surface area (TPSA) is 13.1 Å². The molecule has 0 spiro atoms. The summed E-state index contributed by atoms with van der Waals surface area (Å²) in [6, 6.07) is 48.7. The summed E-state index contributed by atoms with van der Waals surface area (Å²) in [6.45, 7) is 4.74. The Kier molecular flexibility index (Phi) is 4.73. The fourth-order valence-corrected chi connectivity index (χ4v) is 7.38. The van der Waals surface area contributed by atoms with Gasteiger partial charge in [-0.05, 0) is 90.3 Å². The van der Waals surface area contributed by atoms with Crippen molar-refractivity contribution >= 4 is 43.5 Å². The lowest BCUT2D eigenvalue weighted by atomic mass is 9.81. The van der Waals surface area contributed by atoms with Gasteiger partial charge >= 0.3 is 0 Å². The summed E-state index contributed by atoms with van der Waals surface area (Å²) >= 11 is 0. The molecular formula is C41H28O. The van der Waals surface area contributed by atoms with E-state index in [1.54, 1.807) is 0 Å². The van der Waals surface area contributed by atoms with Crippen LogP contribution >= 0.6 is 0 Å². The Hall–Kier alpha value is -5.14. The van der Waals surface area contributed by atoms with Crippen LogP contribution in [-0.2, 0) is 5.41 Å². The van der Waals surface area contributed by atoms with Gasteiger partial charge in [-0.15, -0.1) is 0 Å². The predicted octanol–water partition coefficient (Wildman–Crippen LogP) is 11.5. The van der Waals surface area contributed by atoms with Crippen molar-refractivity contribution < 1.29 is 4.42 Å². The van der Waals surface area contributed by atoms with Gasteiger partial charge in [0.2, 0.25) is 0 Å². The second-order valence-corrected chi connectivity index (χ2v) is 12.1. The summed E-state index contributed by atoms with van der Waals surface area (Å²) in [5, 5.41) is 7.41. The fourth-order valence-electron chi connectivity index (χ4n) is 7.38. The van der Waals surface area contributed by atoms with Gasteiger partial charge in [-0.2, -0.15) is 0 Å². The van der Waals surface area contributed by atoms with Crippen LogP contribution in [0.5, 0.6) is 0 Å². The maximum absolute atomic E-state index is 6.40. The molecule has 1 heteroatoms. The second kappa shape index (κ2) is 8.44. The molecule has 7 aromatic carbocycles. The van der Waals surface area contributed by atoms with Crippen molar-refractivity contribution in [3.05, 3.63) is 145 Å². The smallest absolute Gasteiger partial charge is 0.136 e. The molecule has 0 aliphatic heterocycles. The molecule has 42 heavy (non-hydrogen) atoms. The molecule has 1 aromatic heterocycles. The van der Waals surface area contributed by atoms with Gasteiger partial charge in [0.15, 0.2) is 0 Å². The number of furan rings is 1. The first kappa shape index (κ1) is 23.6. The predicted molar refractivity (Wildman–Crippen MR) is 177 cm³/mol. The van der Waals surface area contributed by atoms with Gasteiger partial charge in [0, 0.05) is 16.2 Å². The van der Waals surface area contributed by atoms with E-state index in [4.69, 9.17) is 4.42 Å². The Balaban J connectivity index is 1.27. The van der Waals surface area contributed by atoms with Gasteiger partial charge in [-0.1, -0.05) is 123 Å². The van der Waals surface area contributed by atoms with Crippen molar-refractivity contribution in [2.75, 3.05) is 0 Å². The van der Waals surface area contributed by atoms with Crippen LogP contribution in [-0.4, -0.2) is 0 Å². The average molecular weight is 537 g/mol. The van der Waals surface area contributed by atoms with Crippen LogP contribution in [0.2, 0.25) is 0 Å². The molecule has 1 aliphatic carbocycles. The molecule has 0 fully saturated rings.